The summed E-state index contributed by atoms with van der Waals surface area (Å²) in [4.78, 5) is 82.5. The predicted octanol–water partition coefficient (Wildman–Crippen LogP) is 7.36. The molecule has 3 aliphatic rings. The third kappa shape index (κ3) is 14.8. The van der Waals surface area contributed by atoms with Crippen molar-refractivity contribution in [1.29, 1.82) is 0 Å². The summed E-state index contributed by atoms with van der Waals surface area (Å²) in [6.07, 6.45) is 7.59. The van der Waals surface area contributed by atoms with Gasteiger partial charge in [-0.2, -0.15) is 0 Å². The first-order valence-corrected chi connectivity index (χ1v) is 24.1. The molecule has 6 unspecified atom stereocenters. The highest BCUT2D eigenvalue weighted by molar-refractivity contribution is 5.98. The average Bonchev–Trinajstić information content (AvgIpc) is 3.80. The maximum absolute atomic E-state index is 14.8. The Balaban J connectivity index is 1.43. The van der Waals surface area contributed by atoms with E-state index >= 15 is 0 Å². The van der Waals surface area contributed by atoms with Crippen LogP contribution in [0, 0.1) is 5.41 Å². The van der Waals surface area contributed by atoms with Crippen LogP contribution in [0.5, 0.6) is 0 Å². The smallest absolute Gasteiger partial charge is 0.348 e. The van der Waals surface area contributed by atoms with Crippen LogP contribution in [-0.4, -0.2) is 114 Å². The molecule has 0 spiro atoms. The molecular formula is C53H72N2O13. The van der Waals surface area contributed by atoms with Crippen LogP contribution >= 0.6 is 0 Å². The maximum Gasteiger partial charge on any atom is 0.348 e. The highest BCUT2D eigenvalue weighted by atomic mass is 16.8. The molecule has 68 heavy (non-hydrogen) atoms. The SMILES string of the molecule is CCCCCC1(CCCCC)OC2C=C(C(=O)N(C)C(Cc3ccccc3)C(=O)NC(CO)CCC(=O)OC(C)(C)C)CC(OC(=O)c3ccccc3C=CC(=O)OC3C(=O)OCC3(C)C)C2O1. The first kappa shape index (κ1) is 53.6. The normalized spacial score (nSPS) is 21.5. The van der Waals surface area contributed by atoms with Crippen LogP contribution in [0.1, 0.15) is 141 Å². The maximum atomic E-state index is 14.8. The Morgan fingerprint density at radius 2 is 1.59 bits per heavy atom. The first-order chi connectivity index (χ1) is 32.3. The summed E-state index contributed by atoms with van der Waals surface area (Å²) < 4.78 is 36.0. The van der Waals surface area contributed by atoms with Crippen LogP contribution < -0.4 is 5.32 Å². The second-order valence-electron chi connectivity index (χ2n) is 19.8. The number of esters is 4. The third-order valence-corrected chi connectivity index (χ3v) is 12.4. The molecule has 2 saturated heterocycles. The Morgan fingerprint density at radius 1 is 0.926 bits per heavy atom. The fraction of sp³-hybridized carbons (Fsp3) is 0.585. The molecule has 6 atom stereocenters. The number of ether oxygens (including phenoxy) is 6. The number of carbonyl (C=O) groups is 6. The molecule has 0 aromatic heterocycles. The lowest BCUT2D eigenvalue weighted by atomic mass is 9.90. The van der Waals surface area contributed by atoms with Gasteiger partial charge >= 0.3 is 23.9 Å². The molecule has 372 valence electrons. The molecule has 2 N–H and O–H groups in total. The molecule has 2 aromatic carbocycles. The van der Waals surface area contributed by atoms with Crippen molar-refractivity contribution in [3.05, 3.63) is 89.0 Å². The van der Waals surface area contributed by atoms with E-state index in [0.717, 1.165) is 50.2 Å². The van der Waals surface area contributed by atoms with Gasteiger partial charge in [0, 0.05) is 56.2 Å². The number of rotatable bonds is 23. The fourth-order valence-corrected chi connectivity index (χ4v) is 8.67. The van der Waals surface area contributed by atoms with Gasteiger partial charge in [-0.3, -0.25) is 14.4 Å². The number of hydrogen-bond acceptors (Lipinski definition) is 13. The number of hydrogen-bond donors (Lipinski definition) is 2. The number of cyclic esters (lactones) is 1. The van der Waals surface area contributed by atoms with Crippen LogP contribution in [0.15, 0.2) is 72.3 Å². The van der Waals surface area contributed by atoms with Crippen LogP contribution in [0.25, 0.3) is 6.08 Å². The molecule has 2 amide bonds. The van der Waals surface area contributed by atoms with E-state index in [-0.39, 0.29) is 43.4 Å². The van der Waals surface area contributed by atoms with Crippen molar-refractivity contribution in [2.75, 3.05) is 20.3 Å². The third-order valence-electron chi connectivity index (χ3n) is 12.4. The summed E-state index contributed by atoms with van der Waals surface area (Å²) >= 11 is 0. The zero-order valence-corrected chi connectivity index (χ0v) is 41.1. The lowest BCUT2D eigenvalue weighted by molar-refractivity contribution is -0.190. The second-order valence-corrected chi connectivity index (χ2v) is 19.8. The summed E-state index contributed by atoms with van der Waals surface area (Å²) in [5, 5.41) is 13.1. The average molecular weight is 945 g/mol. The standard InChI is InChI=1S/C53H72N2O13/c1-9-11-18-28-53(29-19-12-10-2)66-42-32-37(48(60)55(8)40(30-35-20-14-13-15-21-35)47(59)54-38(33-56)25-27-44(58)67-51(3,4)5)31-41(45(42)68-53)64-49(61)39-23-17-16-22-36(39)24-26-43(57)65-46-50(62)63-34-52(46,6)7/h13-17,20-24,26,32,38,40-42,45-46,56H,9-12,18-19,25,27-31,33-34H2,1-8H3,(H,54,59). The van der Waals surface area contributed by atoms with Crippen molar-refractivity contribution in [1.82, 2.24) is 10.2 Å². The Morgan fingerprint density at radius 3 is 2.21 bits per heavy atom. The molecule has 0 saturated carbocycles. The predicted molar refractivity (Wildman–Crippen MR) is 254 cm³/mol. The fourth-order valence-electron chi connectivity index (χ4n) is 8.67. The molecule has 2 fully saturated rings. The van der Waals surface area contributed by atoms with Gasteiger partial charge in [0.05, 0.1) is 18.2 Å². The van der Waals surface area contributed by atoms with Gasteiger partial charge in [0.1, 0.15) is 36.6 Å². The van der Waals surface area contributed by atoms with Crippen LogP contribution in [0.3, 0.4) is 0 Å². The monoisotopic (exact) mass is 945 g/mol. The van der Waals surface area contributed by atoms with Gasteiger partial charge in [0.2, 0.25) is 17.9 Å². The molecule has 0 radical (unpaired) electrons. The molecule has 15 heteroatoms. The van der Waals surface area contributed by atoms with E-state index in [2.05, 4.69) is 19.2 Å². The van der Waals surface area contributed by atoms with E-state index in [1.165, 1.54) is 18.0 Å². The molecule has 0 bridgehead atoms. The zero-order valence-electron chi connectivity index (χ0n) is 41.1. The largest absolute Gasteiger partial charge is 0.462 e. The van der Waals surface area contributed by atoms with E-state index in [9.17, 15) is 33.9 Å². The minimum atomic E-state index is -1.08. The Labute approximate surface area is 401 Å². The number of aliphatic hydroxyl groups excluding tert-OH is 1. The number of aliphatic hydroxyl groups is 1. The summed E-state index contributed by atoms with van der Waals surface area (Å²) in [7, 11) is 1.54. The number of unbranched alkanes of at least 4 members (excludes halogenated alkanes) is 4. The van der Waals surface area contributed by atoms with Crippen molar-refractivity contribution < 1.29 is 62.3 Å². The summed E-state index contributed by atoms with van der Waals surface area (Å²) in [6.45, 7) is 12.7. The minimum absolute atomic E-state index is 0.0406. The molecule has 1 aliphatic carbocycles. The van der Waals surface area contributed by atoms with Crippen LogP contribution in [0.4, 0.5) is 0 Å². The van der Waals surface area contributed by atoms with Gasteiger partial charge < -0.3 is 43.7 Å². The molecule has 5 rings (SSSR count). The van der Waals surface area contributed by atoms with E-state index < -0.39 is 95.6 Å². The van der Waals surface area contributed by atoms with E-state index in [0.29, 0.717) is 18.4 Å². The highest BCUT2D eigenvalue weighted by Gasteiger charge is 2.53. The number of likely N-dealkylation sites (N-methyl/N-ethyl adjacent to an activating group) is 1. The van der Waals surface area contributed by atoms with E-state index in [1.54, 1.807) is 65.0 Å². The number of fused-ring (bicyclic) bond motifs is 1. The topological polar surface area (TPSA) is 193 Å². The van der Waals surface area contributed by atoms with Gasteiger partial charge in [-0.05, 0) is 69.4 Å². The number of carbonyl (C=O) groups excluding carboxylic acids is 6. The quantitative estimate of drug-likeness (QED) is 0.0486. The van der Waals surface area contributed by atoms with Crippen molar-refractivity contribution in [2.24, 2.45) is 5.41 Å². The summed E-state index contributed by atoms with van der Waals surface area (Å²) in [5.74, 6) is -4.62. The lowest BCUT2D eigenvalue weighted by Crippen LogP contribution is -2.53. The summed E-state index contributed by atoms with van der Waals surface area (Å²) in [5.41, 5.74) is 0.120. The minimum Gasteiger partial charge on any atom is -0.462 e. The van der Waals surface area contributed by atoms with Gasteiger partial charge in [-0.25, -0.2) is 14.4 Å². The molecule has 2 aromatic rings. The number of nitrogens with zero attached hydrogens (tertiary/aromatic N) is 1. The molecular weight excluding hydrogens is 873 g/mol. The van der Waals surface area contributed by atoms with E-state index in [1.807, 2.05) is 30.3 Å². The van der Waals surface area contributed by atoms with E-state index in [4.69, 9.17) is 28.4 Å². The first-order valence-electron chi connectivity index (χ1n) is 24.1. The zero-order chi connectivity index (χ0) is 49.6. The van der Waals surface area contributed by atoms with Gasteiger partial charge in [-0.15, -0.1) is 0 Å². The lowest BCUT2D eigenvalue weighted by Gasteiger charge is -2.34. The second kappa shape index (κ2) is 24.3. The molecule has 2 heterocycles. The Bertz CT molecular complexity index is 2120. The number of benzene rings is 2. The molecule has 15 nitrogen and oxygen atoms in total. The summed E-state index contributed by atoms with van der Waals surface area (Å²) in [6, 6.07) is 13.9. The van der Waals surface area contributed by atoms with Crippen molar-refractivity contribution in [2.45, 2.75) is 173 Å². The van der Waals surface area contributed by atoms with Crippen LogP contribution in [-0.2, 0) is 58.8 Å². The Hall–Kier alpha value is -5.38. The Kier molecular flexibility index (Phi) is 19.1. The van der Waals surface area contributed by atoms with Crippen molar-refractivity contribution >= 4 is 41.8 Å². The van der Waals surface area contributed by atoms with Crippen molar-refractivity contribution in [3.63, 3.8) is 0 Å². The van der Waals surface area contributed by atoms with Crippen molar-refractivity contribution in [3.8, 4) is 0 Å². The van der Waals surface area contributed by atoms with Gasteiger partial charge in [0.15, 0.2) is 5.79 Å². The number of amides is 2. The van der Waals surface area contributed by atoms with Crippen LogP contribution in [0.2, 0.25) is 0 Å². The van der Waals surface area contributed by atoms with Gasteiger partial charge in [0.25, 0.3) is 0 Å². The molecule has 2 aliphatic heterocycles. The number of nitrogens with one attached hydrogen (secondary N) is 1. The van der Waals surface area contributed by atoms with Gasteiger partial charge in [-0.1, -0.05) is 102 Å². The highest BCUT2D eigenvalue weighted by Crippen LogP contribution is 2.43.